The molecule has 19 heavy (non-hydrogen) atoms. The van der Waals surface area contributed by atoms with Crippen molar-refractivity contribution in [3.8, 4) is 0 Å². The largest absolute Gasteiger partial charge is 0.480 e. The van der Waals surface area contributed by atoms with Crippen LogP contribution in [0.5, 0.6) is 0 Å². The highest BCUT2D eigenvalue weighted by Gasteiger charge is 2.21. The molecule has 1 amide bonds. The van der Waals surface area contributed by atoms with Crippen molar-refractivity contribution in [2.24, 2.45) is 5.92 Å². The molecule has 0 aromatic heterocycles. The standard InChI is InChI=1S/C14H26N2O3/c1-11(2)10-12(14(18)19)15-13(17)6-5-9-16-7-3-4-8-16/h11-12H,3-10H2,1-2H3,(H,15,17)(H,18,19). The number of likely N-dealkylation sites (tertiary alicyclic amines) is 1. The van der Waals surface area contributed by atoms with Crippen molar-refractivity contribution in [2.75, 3.05) is 19.6 Å². The number of nitrogens with one attached hydrogen (secondary N) is 1. The van der Waals surface area contributed by atoms with Gasteiger partial charge in [-0.1, -0.05) is 13.8 Å². The van der Waals surface area contributed by atoms with Gasteiger partial charge in [-0.15, -0.1) is 0 Å². The summed E-state index contributed by atoms with van der Waals surface area (Å²) in [5.74, 6) is -0.833. The zero-order valence-electron chi connectivity index (χ0n) is 12.0. The van der Waals surface area contributed by atoms with E-state index in [4.69, 9.17) is 5.11 Å². The molecule has 0 saturated carbocycles. The van der Waals surface area contributed by atoms with Gasteiger partial charge in [0, 0.05) is 6.42 Å². The number of aliphatic carboxylic acids is 1. The Morgan fingerprint density at radius 2 is 1.89 bits per heavy atom. The zero-order chi connectivity index (χ0) is 14.3. The molecule has 1 rings (SSSR count). The highest BCUT2D eigenvalue weighted by atomic mass is 16.4. The zero-order valence-corrected chi connectivity index (χ0v) is 12.0. The van der Waals surface area contributed by atoms with E-state index in [1.165, 1.54) is 12.8 Å². The Bertz CT molecular complexity index is 299. The molecule has 5 nitrogen and oxygen atoms in total. The third-order valence-electron chi connectivity index (χ3n) is 3.42. The fraction of sp³-hybridized carbons (Fsp3) is 0.857. The summed E-state index contributed by atoms with van der Waals surface area (Å²) in [6.07, 6.45) is 4.20. The number of rotatable bonds is 8. The minimum atomic E-state index is -0.943. The molecule has 0 bridgehead atoms. The van der Waals surface area contributed by atoms with E-state index >= 15 is 0 Å². The van der Waals surface area contributed by atoms with E-state index < -0.39 is 12.0 Å². The maximum atomic E-state index is 11.7. The average Bonchev–Trinajstić information content (AvgIpc) is 2.80. The van der Waals surface area contributed by atoms with E-state index in [0.717, 1.165) is 26.1 Å². The molecule has 0 aliphatic carbocycles. The van der Waals surface area contributed by atoms with Crippen molar-refractivity contribution in [1.29, 1.82) is 0 Å². The quantitative estimate of drug-likeness (QED) is 0.701. The smallest absolute Gasteiger partial charge is 0.326 e. The SMILES string of the molecule is CC(C)CC(NC(=O)CCCN1CCCC1)C(=O)O. The summed E-state index contributed by atoms with van der Waals surface area (Å²) >= 11 is 0. The lowest BCUT2D eigenvalue weighted by Crippen LogP contribution is -2.41. The number of carbonyl (C=O) groups is 2. The topological polar surface area (TPSA) is 69.6 Å². The lowest BCUT2D eigenvalue weighted by molar-refractivity contribution is -0.142. The molecule has 1 unspecified atom stereocenters. The molecule has 0 aromatic rings. The van der Waals surface area contributed by atoms with Crippen LogP contribution in [0.3, 0.4) is 0 Å². The Balaban J connectivity index is 2.21. The molecule has 1 aliphatic rings. The summed E-state index contributed by atoms with van der Waals surface area (Å²) in [4.78, 5) is 25.1. The van der Waals surface area contributed by atoms with Gasteiger partial charge in [0.1, 0.15) is 6.04 Å². The summed E-state index contributed by atoms with van der Waals surface area (Å²) in [7, 11) is 0. The van der Waals surface area contributed by atoms with Gasteiger partial charge >= 0.3 is 5.97 Å². The Morgan fingerprint density at radius 1 is 1.26 bits per heavy atom. The number of carboxylic acid groups (broad SMARTS) is 1. The number of carbonyl (C=O) groups excluding carboxylic acids is 1. The summed E-state index contributed by atoms with van der Waals surface area (Å²) in [6, 6.07) is -0.751. The summed E-state index contributed by atoms with van der Waals surface area (Å²) in [5, 5.41) is 11.7. The molecule has 1 saturated heterocycles. The van der Waals surface area contributed by atoms with Gasteiger partial charge < -0.3 is 15.3 Å². The van der Waals surface area contributed by atoms with Crippen molar-refractivity contribution < 1.29 is 14.7 Å². The molecule has 1 aliphatic heterocycles. The van der Waals surface area contributed by atoms with Crippen molar-refractivity contribution in [3.05, 3.63) is 0 Å². The van der Waals surface area contributed by atoms with Crippen LogP contribution in [0.15, 0.2) is 0 Å². The van der Waals surface area contributed by atoms with E-state index in [1.54, 1.807) is 0 Å². The molecule has 2 N–H and O–H groups in total. The first-order valence-corrected chi connectivity index (χ1v) is 7.23. The van der Waals surface area contributed by atoms with Crippen molar-refractivity contribution in [2.45, 2.75) is 52.0 Å². The summed E-state index contributed by atoms with van der Waals surface area (Å²) < 4.78 is 0. The van der Waals surface area contributed by atoms with Crippen LogP contribution in [-0.4, -0.2) is 47.6 Å². The third kappa shape index (κ3) is 6.57. The van der Waals surface area contributed by atoms with Crippen LogP contribution < -0.4 is 5.32 Å². The Hall–Kier alpha value is -1.10. The van der Waals surface area contributed by atoms with Crippen LogP contribution in [0, 0.1) is 5.92 Å². The fourth-order valence-electron chi connectivity index (χ4n) is 2.43. The second kappa shape index (κ2) is 8.15. The molecule has 1 heterocycles. The molecule has 1 fully saturated rings. The van der Waals surface area contributed by atoms with Crippen LogP contribution in [0.4, 0.5) is 0 Å². The van der Waals surface area contributed by atoms with Crippen molar-refractivity contribution in [1.82, 2.24) is 10.2 Å². The van der Waals surface area contributed by atoms with Crippen LogP contribution >= 0.6 is 0 Å². The molecule has 110 valence electrons. The first-order chi connectivity index (χ1) is 8.99. The van der Waals surface area contributed by atoms with Gasteiger partial charge in [0.25, 0.3) is 0 Å². The van der Waals surface area contributed by atoms with Crippen LogP contribution in [-0.2, 0) is 9.59 Å². The average molecular weight is 270 g/mol. The normalized spacial score (nSPS) is 17.6. The lowest BCUT2D eigenvalue weighted by atomic mass is 10.0. The molecular weight excluding hydrogens is 244 g/mol. The van der Waals surface area contributed by atoms with E-state index in [0.29, 0.717) is 12.8 Å². The Morgan fingerprint density at radius 3 is 2.42 bits per heavy atom. The maximum Gasteiger partial charge on any atom is 0.326 e. The summed E-state index contributed by atoms with van der Waals surface area (Å²) in [5.41, 5.74) is 0. The van der Waals surface area contributed by atoms with Crippen molar-refractivity contribution >= 4 is 11.9 Å². The molecule has 0 radical (unpaired) electrons. The van der Waals surface area contributed by atoms with Gasteiger partial charge in [-0.2, -0.15) is 0 Å². The number of hydrogen-bond donors (Lipinski definition) is 2. The second-order valence-corrected chi connectivity index (χ2v) is 5.74. The van der Waals surface area contributed by atoms with Gasteiger partial charge in [-0.25, -0.2) is 4.79 Å². The first-order valence-electron chi connectivity index (χ1n) is 7.23. The van der Waals surface area contributed by atoms with Gasteiger partial charge in [0.15, 0.2) is 0 Å². The van der Waals surface area contributed by atoms with Gasteiger partial charge in [0.05, 0.1) is 0 Å². The van der Waals surface area contributed by atoms with Crippen molar-refractivity contribution in [3.63, 3.8) is 0 Å². The minimum absolute atomic E-state index is 0.146. The maximum absolute atomic E-state index is 11.7. The van der Waals surface area contributed by atoms with E-state index in [-0.39, 0.29) is 11.8 Å². The monoisotopic (exact) mass is 270 g/mol. The fourth-order valence-corrected chi connectivity index (χ4v) is 2.43. The highest BCUT2D eigenvalue weighted by Crippen LogP contribution is 2.09. The number of amides is 1. The molecule has 0 spiro atoms. The second-order valence-electron chi connectivity index (χ2n) is 5.74. The first kappa shape index (κ1) is 16.0. The molecule has 1 atom stereocenters. The molecule has 5 heteroatoms. The highest BCUT2D eigenvalue weighted by molar-refractivity contribution is 5.83. The van der Waals surface area contributed by atoms with E-state index in [2.05, 4.69) is 10.2 Å². The van der Waals surface area contributed by atoms with Crippen LogP contribution in [0.1, 0.15) is 46.0 Å². The van der Waals surface area contributed by atoms with E-state index in [1.807, 2.05) is 13.8 Å². The van der Waals surface area contributed by atoms with Crippen LogP contribution in [0.2, 0.25) is 0 Å². The third-order valence-corrected chi connectivity index (χ3v) is 3.42. The number of carboxylic acids is 1. The Kier molecular flexibility index (Phi) is 6.84. The van der Waals surface area contributed by atoms with Gasteiger partial charge in [0.2, 0.25) is 5.91 Å². The lowest BCUT2D eigenvalue weighted by Gasteiger charge is -2.17. The minimum Gasteiger partial charge on any atom is -0.480 e. The van der Waals surface area contributed by atoms with E-state index in [9.17, 15) is 9.59 Å². The van der Waals surface area contributed by atoms with Gasteiger partial charge in [-0.3, -0.25) is 4.79 Å². The summed E-state index contributed by atoms with van der Waals surface area (Å²) in [6.45, 7) is 7.11. The number of hydrogen-bond acceptors (Lipinski definition) is 3. The Labute approximate surface area is 115 Å². The molecular formula is C14H26N2O3. The number of nitrogens with zero attached hydrogens (tertiary/aromatic N) is 1. The van der Waals surface area contributed by atoms with Crippen LogP contribution in [0.25, 0.3) is 0 Å². The predicted octanol–water partition coefficient (Wildman–Crippen LogP) is 1.48. The molecule has 0 aromatic carbocycles. The van der Waals surface area contributed by atoms with Gasteiger partial charge in [-0.05, 0) is 51.2 Å². The predicted molar refractivity (Wildman–Crippen MR) is 73.9 cm³/mol.